The molecule has 30 heavy (non-hydrogen) atoms. The fourth-order valence-electron chi connectivity index (χ4n) is 5.73. The zero-order valence-corrected chi connectivity index (χ0v) is 17.4. The van der Waals surface area contributed by atoms with E-state index in [0.717, 1.165) is 4.90 Å². The fraction of sp³-hybridized carbons (Fsp3) is 0.429. The van der Waals surface area contributed by atoms with Gasteiger partial charge in [-0.3, -0.25) is 29.4 Å². The van der Waals surface area contributed by atoms with Gasteiger partial charge in [0.25, 0.3) is 11.8 Å². The molecule has 2 heterocycles. The maximum absolute atomic E-state index is 13.2. The van der Waals surface area contributed by atoms with Gasteiger partial charge in [0.1, 0.15) is 5.75 Å². The summed E-state index contributed by atoms with van der Waals surface area (Å²) < 4.78 is 0. The van der Waals surface area contributed by atoms with Gasteiger partial charge >= 0.3 is 0 Å². The Morgan fingerprint density at radius 1 is 1.10 bits per heavy atom. The number of carbonyl (C=O) groups excluding carboxylic acids is 4. The number of imide groups is 2. The van der Waals surface area contributed by atoms with Crippen LogP contribution in [0.15, 0.2) is 35.9 Å². The molecule has 1 saturated carbocycles. The average Bonchev–Trinajstić information content (AvgIpc) is 3.06. The lowest BCUT2D eigenvalue weighted by molar-refractivity contribution is -0.138. The number of hydrogen-bond donors (Lipinski definition) is 2. The second-order valence-corrected chi connectivity index (χ2v) is 9.69. The summed E-state index contributed by atoms with van der Waals surface area (Å²) in [5.41, 5.74) is 1.22. The van der Waals surface area contributed by atoms with Crippen LogP contribution in [-0.2, 0) is 19.2 Å². The van der Waals surface area contributed by atoms with E-state index in [-0.39, 0.29) is 18.1 Å². The molecular formula is C21H18Cl2N2O5. The lowest BCUT2D eigenvalue weighted by Gasteiger charge is -2.50. The van der Waals surface area contributed by atoms with Gasteiger partial charge in [0.05, 0.1) is 11.8 Å². The molecule has 5 rings (SSSR count). The minimum Gasteiger partial charge on any atom is -0.508 e. The first-order valence-electron chi connectivity index (χ1n) is 9.65. The van der Waals surface area contributed by atoms with Crippen molar-refractivity contribution in [3.63, 3.8) is 0 Å². The summed E-state index contributed by atoms with van der Waals surface area (Å²) in [7, 11) is 1.34. The van der Waals surface area contributed by atoms with Crippen LogP contribution >= 0.6 is 23.2 Å². The van der Waals surface area contributed by atoms with Crippen molar-refractivity contribution in [2.75, 3.05) is 7.05 Å². The fourth-order valence-corrected chi connectivity index (χ4v) is 6.75. The Labute approximate surface area is 182 Å². The smallest absolute Gasteiger partial charge is 0.253 e. The van der Waals surface area contributed by atoms with E-state index < -0.39 is 51.1 Å². The molecule has 2 aliphatic heterocycles. The zero-order valence-electron chi connectivity index (χ0n) is 15.9. The molecule has 1 aromatic rings. The van der Waals surface area contributed by atoms with Crippen LogP contribution in [0, 0.1) is 17.8 Å². The highest BCUT2D eigenvalue weighted by Crippen LogP contribution is 2.64. The van der Waals surface area contributed by atoms with Gasteiger partial charge in [0.2, 0.25) is 11.8 Å². The van der Waals surface area contributed by atoms with E-state index in [2.05, 4.69) is 5.32 Å². The predicted molar refractivity (Wildman–Crippen MR) is 107 cm³/mol. The third kappa shape index (κ3) is 2.17. The zero-order chi connectivity index (χ0) is 21.6. The summed E-state index contributed by atoms with van der Waals surface area (Å²) in [4.78, 5) is 48.5. The number of phenols is 1. The number of phenolic OH excluding ortho intramolecular Hbond substituents is 1. The molecule has 4 amide bonds. The molecule has 4 aliphatic rings. The van der Waals surface area contributed by atoms with E-state index in [1.165, 1.54) is 19.2 Å². The number of carbonyl (C=O) groups is 4. The van der Waals surface area contributed by atoms with Gasteiger partial charge in [0.15, 0.2) is 9.75 Å². The Bertz CT molecular complexity index is 1070. The van der Waals surface area contributed by atoms with Crippen LogP contribution < -0.4 is 5.32 Å². The molecule has 156 valence electrons. The normalized spacial score (nSPS) is 40.0. The minimum atomic E-state index is -1.82. The molecule has 2 N–H and O–H groups in total. The number of fused-ring (bicyclic) bond motifs is 4. The third-order valence-corrected chi connectivity index (χ3v) is 8.47. The van der Waals surface area contributed by atoms with Crippen molar-refractivity contribution in [2.45, 2.75) is 28.5 Å². The van der Waals surface area contributed by atoms with Gasteiger partial charge < -0.3 is 5.11 Å². The number of likely N-dealkylation sites (tertiary alicyclic amines) is 1. The number of nitrogens with zero attached hydrogens (tertiary/aromatic N) is 1. The molecule has 0 spiro atoms. The van der Waals surface area contributed by atoms with Crippen molar-refractivity contribution in [3.8, 4) is 5.75 Å². The van der Waals surface area contributed by atoms with Crippen molar-refractivity contribution in [1.82, 2.24) is 10.2 Å². The Hall–Kier alpha value is -2.38. The average molecular weight is 449 g/mol. The highest BCUT2D eigenvalue weighted by Gasteiger charge is 2.75. The number of hydrogen-bond acceptors (Lipinski definition) is 5. The summed E-state index contributed by atoms with van der Waals surface area (Å²) in [6.45, 7) is 0. The molecule has 0 aromatic heterocycles. The highest BCUT2D eigenvalue weighted by molar-refractivity contribution is 6.53. The predicted octanol–water partition coefficient (Wildman–Crippen LogP) is 1.67. The van der Waals surface area contributed by atoms with Gasteiger partial charge in [0, 0.05) is 13.0 Å². The van der Waals surface area contributed by atoms with Crippen molar-refractivity contribution in [2.24, 2.45) is 17.8 Å². The van der Waals surface area contributed by atoms with Crippen LogP contribution in [0.25, 0.3) is 0 Å². The van der Waals surface area contributed by atoms with Crippen molar-refractivity contribution in [3.05, 3.63) is 41.5 Å². The van der Waals surface area contributed by atoms with Crippen molar-refractivity contribution >= 4 is 46.8 Å². The summed E-state index contributed by atoms with van der Waals surface area (Å²) in [5, 5.41) is 12.4. The summed E-state index contributed by atoms with van der Waals surface area (Å²) in [6.07, 6.45) is 2.13. The van der Waals surface area contributed by atoms with Gasteiger partial charge in [-0.1, -0.05) is 23.8 Å². The molecule has 6 atom stereocenters. The SMILES string of the molecule is CN1C(=O)[C@]2(Cl)C[C@@H]3C(=CC[C@@H]4C(=O)NC(=O)[C@@H]43)[C@H](c3cccc(O)c3)[C@]2(Cl)C1=O. The van der Waals surface area contributed by atoms with E-state index in [4.69, 9.17) is 23.2 Å². The Morgan fingerprint density at radius 2 is 1.83 bits per heavy atom. The molecule has 0 radical (unpaired) electrons. The Morgan fingerprint density at radius 3 is 2.53 bits per heavy atom. The number of nitrogens with one attached hydrogen (secondary N) is 1. The molecule has 7 nitrogen and oxygen atoms in total. The van der Waals surface area contributed by atoms with Crippen molar-refractivity contribution in [1.29, 1.82) is 0 Å². The van der Waals surface area contributed by atoms with E-state index in [9.17, 15) is 24.3 Å². The number of rotatable bonds is 1. The maximum Gasteiger partial charge on any atom is 0.253 e. The molecule has 0 bridgehead atoms. The molecule has 9 heteroatoms. The van der Waals surface area contributed by atoms with Gasteiger partial charge in [-0.05, 0) is 36.5 Å². The van der Waals surface area contributed by atoms with Crippen molar-refractivity contribution < 1.29 is 24.3 Å². The Balaban J connectivity index is 1.76. The first kappa shape index (κ1) is 19.6. The van der Waals surface area contributed by atoms with Crippen LogP contribution in [0.2, 0.25) is 0 Å². The number of alkyl halides is 2. The van der Waals surface area contributed by atoms with E-state index in [1.54, 1.807) is 12.1 Å². The number of benzene rings is 1. The molecule has 3 fully saturated rings. The first-order chi connectivity index (χ1) is 14.1. The number of aromatic hydroxyl groups is 1. The number of allylic oxidation sites excluding steroid dienone is 2. The summed E-state index contributed by atoms with van der Waals surface area (Å²) in [6, 6.07) is 6.29. The number of halogens is 2. The van der Waals surface area contributed by atoms with Crippen LogP contribution in [0.3, 0.4) is 0 Å². The molecule has 0 unspecified atom stereocenters. The maximum atomic E-state index is 13.2. The van der Waals surface area contributed by atoms with Crippen LogP contribution in [0.1, 0.15) is 24.3 Å². The minimum absolute atomic E-state index is 0.0248. The first-order valence-corrected chi connectivity index (χ1v) is 10.4. The highest BCUT2D eigenvalue weighted by atomic mass is 35.5. The second-order valence-electron chi connectivity index (χ2n) is 8.45. The van der Waals surface area contributed by atoms with Gasteiger partial charge in [-0.25, -0.2) is 0 Å². The van der Waals surface area contributed by atoms with Crippen LogP contribution in [0.4, 0.5) is 0 Å². The quantitative estimate of drug-likeness (QED) is 0.386. The van der Waals surface area contributed by atoms with E-state index in [0.29, 0.717) is 17.6 Å². The third-order valence-electron chi connectivity index (χ3n) is 7.06. The van der Waals surface area contributed by atoms with E-state index in [1.807, 2.05) is 6.08 Å². The second kappa shape index (κ2) is 6.08. The van der Waals surface area contributed by atoms with Gasteiger partial charge in [-0.2, -0.15) is 0 Å². The number of amides is 4. The lowest BCUT2D eigenvalue weighted by atomic mass is 9.56. The van der Waals surface area contributed by atoms with Crippen LogP contribution in [0.5, 0.6) is 5.75 Å². The summed E-state index contributed by atoms with van der Waals surface area (Å²) in [5.74, 6) is -4.60. The summed E-state index contributed by atoms with van der Waals surface area (Å²) >= 11 is 13.9. The monoisotopic (exact) mass is 448 g/mol. The molecule has 2 saturated heterocycles. The molecule has 2 aliphatic carbocycles. The van der Waals surface area contributed by atoms with Crippen LogP contribution in [-0.4, -0.2) is 50.4 Å². The molecule has 1 aromatic carbocycles. The lowest BCUT2D eigenvalue weighted by Crippen LogP contribution is -2.60. The topological polar surface area (TPSA) is 104 Å². The van der Waals surface area contributed by atoms with Gasteiger partial charge in [-0.15, -0.1) is 23.2 Å². The standard InChI is InChI=1S/C21H18Cl2N2O5/c1-25-18(29)20(22)8-13-11(5-6-12-14(13)17(28)24-16(12)27)15(21(20,23)19(25)30)9-3-2-4-10(26)7-9/h2-5,7,12-15,26H,6,8H2,1H3,(H,24,27,28)/t12-,13+,14-,15-,20+,21-/m0/s1. The molecular weight excluding hydrogens is 431 g/mol. The Kier molecular flexibility index (Phi) is 3.97. The largest absolute Gasteiger partial charge is 0.508 e. The van der Waals surface area contributed by atoms with E-state index >= 15 is 0 Å².